The highest BCUT2D eigenvalue weighted by Crippen LogP contribution is 2.30. The summed E-state index contributed by atoms with van der Waals surface area (Å²) < 4.78 is 43.8. The molecule has 0 fully saturated rings. The van der Waals surface area contributed by atoms with Crippen molar-refractivity contribution in [2.45, 2.75) is 6.18 Å². The number of anilines is 2. The first-order valence-electron chi connectivity index (χ1n) is 8.57. The number of hydrogen-bond acceptors (Lipinski definition) is 3. The van der Waals surface area contributed by atoms with E-state index in [2.05, 4.69) is 10.6 Å². The van der Waals surface area contributed by atoms with Gasteiger partial charge in [-0.3, -0.25) is 0 Å². The van der Waals surface area contributed by atoms with Crippen LogP contribution >= 0.6 is 0 Å². The molecule has 3 rings (SSSR count). The van der Waals surface area contributed by atoms with Crippen LogP contribution in [0.2, 0.25) is 0 Å². The Bertz CT molecular complexity index is 1050. The number of nitrogens with one attached hydrogen (secondary N) is 2. The largest absolute Gasteiger partial charge is 0.478 e. The molecule has 6 nitrogen and oxygen atoms in total. The van der Waals surface area contributed by atoms with Crippen LogP contribution < -0.4 is 15.4 Å². The molecule has 9 heteroatoms. The van der Waals surface area contributed by atoms with Crippen LogP contribution in [-0.4, -0.2) is 17.1 Å². The van der Waals surface area contributed by atoms with E-state index in [9.17, 15) is 22.8 Å². The van der Waals surface area contributed by atoms with E-state index in [1.54, 1.807) is 24.3 Å². The minimum absolute atomic E-state index is 0.00656. The van der Waals surface area contributed by atoms with Crippen LogP contribution in [0.4, 0.5) is 29.3 Å². The molecule has 0 aliphatic heterocycles. The minimum Gasteiger partial charge on any atom is -0.478 e. The zero-order valence-corrected chi connectivity index (χ0v) is 15.2. The van der Waals surface area contributed by atoms with Crippen LogP contribution in [0.5, 0.6) is 11.5 Å². The number of urea groups is 1. The lowest BCUT2D eigenvalue weighted by molar-refractivity contribution is -0.137. The van der Waals surface area contributed by atoms with Crippen molar-refractivity contribution in [3.8, 4) is 11.5 Å². The van der Waals surface area contributed by atoms with Gasteiger partial charge in [-0.25, -0.2) is 9.59 Å². The molecular formula is C21H15F3N2O4. The monoisotopic (exact) mass is 416 g/mol. The third-order valence-electron chi connectivity index (χ3n) is 3.90. The second kappa shape index (κ2) is 8.56. The van der Waals surface area contributed by atoms with Crippen molar-refractivity contribution in [1.29, 1.82) is 0 Å². The second-order valence-electron chi connectivity index (χ2n) is 6.11. The molecule has 3 N–H and O–H groups in total. The molecule has 2 amide bonds. The maximum Gasteiger partial charge on any atom is 0.416 e. The van der Waals surface area contributed by atoms with Gasteiger partial charge in [-0.1, -0.05) is 6.07 Å². The van der Waals surface area contributed by atoms with Gasteiger partial charge in [-0.15, -0.1) is 0 Å². The van der Waals surface area contributed by atoms with Gasteiger partial charge in [0.25, 0.3) is 0 Å². The Kier molecular flexibility index (Phi) is 5.91. The number of halogens is 3. The molecule has 0 spiro atoms. The summed E-state index contributed by atoms with van der Waals surface area (Å²) in [6.07, 6.45) is -4.50. The Morgan fingerprint density at radius 2 is 1.37 bits per heavy atom. The Hall–Kier alpha value is -4.01. The van der Waals surface area contributed by atoms with Crippen LogP contribution in [0.15, 0.2) is 72.8 Å². The van der Waals surface area contributed by atoms with Gasteiger partial charge in [0.05, 0.1) is 11.1 Å². The van der Waals surface area contributed by atoms with Crippen molar-refractivity contribution in [2.24, 2.45) is 0 Å². The third-order valence-corrected chi connectivity index (χ3v) is 3.90. The topological polar surface area (TPSA) is 87.7 Å². The SMILES string of the molecule is O=C(Nc1ccc(Oc2ccc(C(=O)O)cc2)cc1)Nc1cccc(C(F)(F)F)c1. The standard InChI is InChI=1S/C21H15F3N2O4/c22-21(23,24)14-2-1-3-16(12-14)26-20(29)25-15-6-10-18(11-7-15)30-17-8-4-13(5-9-17)19(27)28/h1-12H,(H,27,28)(H2,25,26,29). The lowest BCUT2D eigenvalue weighted by Crippen LogP contribution is -2.19. The summed E-state index contributed by atoms with van der Waals surface area (Å²) in [6, 6.07) is 15.7. The van der Waals surface area contributed by atoms with Crippen molar-refractivity contribution < 1.29 is 32.6 Å². The zero-order valence-electron chi connectivity index (χ0n) is 15.2. The number of aromatic carboxylic acids is 1. The van der Waals surface area contributed by atoms with E-state index in [1.807, 2.05) is 0 Å². The highest BCUT2D eigenvalue weighted by Gasteiger charge is 2.30. The van der Waals surface area contributed by atoms with E-state index >= 15 is 0 Å². The number of amides is 2. The molecule has 3 aromatic rings. The summed E-state index contributed by atoms with van der Waals surface area (Å²) in [7, 11) is 0. The summed E-state index contributed by atoms with van der Waals surface area (Å²) in [5.74, 6) is -0.162. The molecule has 0 saturated carbocycles. The average Bonchev–Trinajstić information content (AvgIpc) is 2.69. The molecular weight excluding hydrogens is 401 g/mol. The summed E-state index contributed by atoms with van der Waals surface area (Å²) in [5, 5.41) is 13.7. The Morgan fingerprint density at radius 3 is 1.93 bits per heavy atom. The fourth-order valence-corrected chi connectivity index (χ4v) is 2.47. The van der Waals surface area contributed by atoms with Crippen molar-refractivity contribution in [2.75, 3.05) is 10.6 Å². The van der Waals surface area contributed by atoms with Gasteiger partial charge < -0.3 is 20.5 Å². The van der Waals surface area contributed by atoms with Gasteiger partial charge in [0, 0.05) is 11.4 Å². The Labute approximate surface area is 168 Å². The smallest absolute Gasteiger partial charge is 0.416 e. The predicted octanol–water partition coefficient (Wildman–Crippen LogP) is 5.84. The summed E-state index contributed by atoms with van der Waals surface area (Å²) in [5.41, 5.74) is -0.327. The zero-order chi connectivity index (χ0) is 21.7. The quantitative estimate of drug-likeness (QED) is 0.488. The first-order valence-corrected chi connectivity index (χ1v) is 8.57. The highest BCUT2D eigenvalue weighted by molar-refractivity contribution is 5.99. The van der Waals surface area contributed by atoms with E-state index in [-0.39, 0.29) is 11.3 Å². The number of hydrogen-bond donors (Lipinski definition) is 3. The van der Waals surface area contributed by atoms with E-state index in [1.165, 1.54) is 36.4 Å². The molecule has 0 atom stereocenters. The fourth-order valence-electron chi connectivity index (χ4n) is 2.47. The number of carbonyl (C=O) groups is 2. The maximum atomic E-state index is 12.7. The van der Waals surface area contributed by atoms with E-state index < -0.39 is 23.7 Å². The lowest BCUT2D eigenvalue weighted by atomic mass is 10.2. The van der Waals surface area contributed by atoms with Crippen LogP contribution in [0.1, 0.15) is 15.9 Å². The second-order valence-corrected chi connectivity index (χ2v) is 6.11. The number of ether oxygens (including phenoxy) is 1. The van der Waals surface area contributed by atoms with Crippen molar-refractivity contribution in [3.63, 3.8) is 0 Å². The molecule has 0 unspecified atom stereocenters. The summed E-state index contributed by atoms with van der Waals surface area (Å²) in [4.78, 5) is 22.9. The van der Waals surface area contributed by atoms with Gasteiger partial charge >= 0.3 is 18.2 Å². The van der Waals surface area contributed by atoms with Gasteiger partial charge in [0.2, 0.25) is 0 Å². The molecule has 0 aromatic heterocycles. The molecule has 154 valence electrons. The summed E-state index contributed by atoms with van der Waals surface area (Å²) in [6.45, 7) is 0. The van der Waals surface area contributed by atoms with Crippen molar-refractivity contribution >= 4 is 23.4 Å². The Balaban J connectivity index is 1.59. The van der Waals surface area contributed by atoms with Gasteiger partial charge in [0.15, 0.2) is 0 Å². The number of carbonyl (C=O) groups excluding carboxylic acids is 1. The third kappa shape index (κ3) is 5.51. The first-order chi connectivity index (χ1) is 14.2. The lowest BCUT2D eigenvalue weighted by Gasteiger charge is -2.11. The van der Waals surface area contributed by atoms with Crippen molar-refractivity contribution in [3.05, 3.63) is 83.9 Å². The number of benzene rings is 3. The Morgan fingerprint density at radius 1 is 0.800 bits per heavy atom. The molecule has 3 aromatic carbocycles. The number of rotatable bonds is 5. The first kappa shape index (κ1) is 20.7. The van der Waals surface area contributed by atoms with Gasteiger partial charge in [-0.05, 0) is 66.7 Å². The molecule has 30 heavy (non-hydrogen) atoms. The molecule has 0 radical (unpaired) electrons. The molecule has 0 saturated heterocycles. The molecule has 0 aliphatic carbocycles. The number of alkyl halides is 3. The fraction of sp³-hybridized carbons (Fsp3) is 0.0476. The van der Waals surface area contributed by atoms with Crippen LogP contribution in [0.25, 0.3) is 0 Å². The average molecular weight is 416 g/mol. The van der Waals surface area contributed by atoms with E-state index in [0.29, 0.717) is 17.2 Å². The van der Waals surface area contributed by atoms with Gasteiger partial charge in [-0.2, -0.15) is 13.2 Å². The number of carboxylic acid groups (broad SMARTS) is 1. The maximum absolute atomic E-state index is 12.7. The van der Waals surface area contributed by atoms with Crippen LogP contribution in [-0.2, 0) is 6.18 Å². The van der Waals surface area contributed by atoms with Gasteiger partial charge in [0.1, 0.15) is 11.5 Å². The van der Waals surface area contributed by atoms with E-state index in [0.717, 1.165) is 12.1 Å². The van der Waals surface area contributed by atoms with E-state index in [4.69, 9.17) is 9.84 Å². The predicted molar refractivity (Wildman–Crippen MR) is 104 cm³/mol. The summed E-state index contributed by atoms with van der Waals surface area (Å²) >= 11 is 0. The molecule has 0 aliphatic rings. The minimum atomic E-state index is -4.50. The number of carboxylic acids is 1. The van der Waals surface area contributed by atoms with Crippen LogP contribution in [0.3, 0.4) is 0 Å². The van der Waals surface area contributed by atoms with Crippen LogP contribution in [0, 0.1) is 0 Å². The molecule has 0 bridgehead atoms. The molecule has 0 heterocycles. The highest BCUT2D eigenvalue weighted by atomic mass is 19.4. The normalized spacial score (nSPS) is 10.9. The van der Waals surface area contributed by atoms with Crippen molar-refractivity contribution in [1.82, 2.24) is 0 Å².